The number of sulfone groups is 1. The fourth-order valence-electron chi connectivity index (χ4n) is 2.66. The topological polar surface area (TPSA) is 93.1 Å². The molecule has 0 saturated heterocycles. The van der Waals surface area contributed by atoms with E-state index < -0.39 is 9.84 Å². The summed E-state index contributed by atoms with van der Waals surface area (Å²) in [7, 11) is 0.103. The Morgan fingerprint density at radius 2 is 1.63 bits per heavy atom. The van der Waals surface area contributed by atoms with Gasteiger partial charge in [0.05, 0.1) is 16.3 Å². The van der Waals surface area contributed by atoms with Crippen LogP contribution in [0.3, 0.4) is 0 Å². The van der Waals surface area contributed by atoms with Crippen molar-refractivity contribution in [3.8, 4) is 16.9 Å². The monoisotopic (exact) mass is 384 g/mol. The average Bonchev–Trinajstić information content (AvgIpc) is 3.12. The van der Waals surface area contributed by atoms with E-state index in [1.165, 1.54) is 6.26 Å². The van der Waals surface area contributed by atoms with Crippen molar-refractivity contribution in [1.29, 1.82) is 0 Å². The Labute approximate surface area is 157 Å². The van der Waals surface area contributed by atoms with Crippen LogP contribution < -0.4 is 10.6 Å². The summed E-state index contributed by atoms with van der Waals surface area (Å²) >= 11 is 0. The molecule has 0 aliphatic carbocycles. The quantitative estimate of drug-likeness (QED) is 0.704. The number of nitrogens with one attached hydrogen (secondary N) is 2. The molecule has 0 atom stereocenters. The number of hydrogen-bond acceptors (Lipinski definition) is 5. The molecule has 8 heteroatoms. The van der Waals surface area contributed by atoms with Crippen molar-refractivity contribution in [2.45, 2.75) is 4.90 Å². The predicted octanol–water partition coefficient (Wildman–Crippen LogP) is 2.34. The molecular weight excluding hydrogens is 364 g/mol. The first-order chi connectivity index (χ1) is 12.8. The van der Waals surface area contributed by atoms with Gasteiger partial charge < -0.3 is 10.6 Å². The number of aromatic nitrogens is 2. The van der Waals surface area contributed by atoms with Crippen molar-refractivity contribution in [2.75, 3.05) is 25.7 Å². The van der Waals surface area contributed by atoms with E-state index in [4.69, 9.17) is 0 Å². The molecule has 2 aromatic carbocycles. The van der Waals surface area contributed by atoms with Gasteiger partial charge in [-0.1, -0.05) is 12.1 Å². The highest BCUT2D eigenvalue weighted by Gasteiger charge is 2.16. The Morgan fingerprint density at radius 3 is 2.15 bits per heavy atom. The van der Waals surface area contributed by atoms with E-state index >= 15 is 0 Å². The van der Waals surface area contributed by atoms with Crippen LogP contribution in [0.4, 0.5) is 5.69 Å². The summed E-state index contributed by atoms with van der Waals surface area (Å²) in [6.07, 6.45) is 1.17. The first kappa shape index (κ1) is 18.7. The van der Waals surface area contributed by atoms with Gasteiger partial charge in [0.25, 0.3) is 5.91 Å². The van der Waals surface area contributed by atoms with Crippen LogP contribution in [-0.2, 0) is 9.84 Å². The summed E-state index contributed by atoms with van der Waals surface area (Å²) in [5.41, 5.74) is 3.45. The highest BCUT2D eigenvalue weighted by molar-refractivity contribution is 7.90. The van der Waals surface area contributed by atoms with Gasteiger partial charge in [-0.25, -0.2) is 13.1 Å². The lowest BCUT2D eigenvalue weighted by Gasteiger charge is -2.09. The maximum atomic E-state index is 12.1. The molecule has 0 bridgehead atoms. The molecule has 0 aliphatic rings. The van der Waals surface area contributed by atoms with E-state index in [1.54, 1.807) is 42.1 Å². The Bertz CT molecular complexity index is 1070. The average molecular weight is 384 g/mol. The fraction of sp³-hybridized carbons (Fsp3) is 0.158. The number of hydrogen-bond donors (Lipinski definition) is 2. The molecule has 0 saturated carbocycles. The third-order valence-corrected chi connectivity index (χ3v) is 5.28. The second-order valence-corrected chi connectivity index (χ2v) is 8.01. The lowest BCUT2D eigenvalue weighted by atomic mass is 10.1. The van der Waals surface area contributed by atoms with Gasteiger partial charge in [-0.15, -0.1) is 0 Å². The van der Waals surface area contributed by atoms with Crippen molar-refractivity contribution < 1.29 is 13.2 Å². The van der Waals surface area contributed by atoms with Crippen molar-refractivity contribution in [1.82, 2.24) is 15.1 Å². The van der Waals surface area contributed by atoms with E-state index in [9.17, 15) is 13.2 Å². The van der Waals surface area contributed by atoms with Crippen LogP contribution >= 0.6 is 0 Å². The summed E-state index contributed by atoms with van der Waals surface area (Å²) < 4.78 is 25.0. The van der Waals surface area contributed by atoms with E-state index in [0.29, 0.717) is 5.69 Å². The van der Waals surface area contributed by atoms with Gasteiger partial charge in [0.2, 0.25) is 0 Å². The van der Waals surface area contributed by atoms with Crippen LogP contribution in [0.2, 0.25) is 0 Å². The Morgan fingerprint density at radius 1 is 1.00 bits per heavy atom. The van der Waals surface area contributed by atoms with Crippen LogP contribution in [-0.4, -0.2) is 44.5 Å². The third-order valence-electron chi connectivity index (χ3n) is 4.15. The Hall–Kier alpha value is -3.13. The molecule has 0 fully saturated rings. The number of benzene rings is 2. The minimum Gasteiger partial charge on any atom is -0.388 e. The SMILES string of the molecule is CNC(=O)c1cc(-c2ccc(S(C)(=O)=O)cc2)n(-c2ccc(NC)cc2)n1. The molecule has 0 unspecified atom stereocenters. The smallest absolute Gasteiger partial charge is 0.271 e. The first-order valence-corrected chi connectivity index (χ1v) is 10.1. The molecule has 0 aliphatic heterocycles. The largest absolute Gasteiger partial charge is 0.388 e. The number of anilines is 1. The van der Waals surface area contributed by atoms with E-state index in [1.807, 2.05) is 31.3 Å². The van der Waals surface area contributed by atoms with Gasteiger partial charge in [0, 0.05) is 31.6 Å². The summed E-state index contributed by atoms with van der Waals surface area (Å²) in [6.45, 7) is 0. The Kier molecular flexibility index (Phi) is 5.00. The maximum Gasteiger partial charge on any atom is 0.271 e. The third kappa shape index (κ3) is 3.85. The lowest BCUT2D eigenvalue weighted by molar-refractivity contribution is 0.0957. The van der Waals surface area contributed by atoms with Crippen LogP contribution in [0.15, 0.2) is 59.5 Å². The van der Waals surface area contributed by atoms with Gasteiger partial charge in [-0.3, -0.25) is 4.79 Å². The molecule has 1 heterocycles. The maximum absolute atomic E-state index is 12.1. The summed E-state index contributed by atoms with van der Waals surface area (Å²) in [5.74, 6) is -0.297. The summed E-state index contributed by atoms with van der Waals surface area (Å²) in [4.78, 5) is 12.3. The zero-order valence-electron chi connectivity index (χ0n) is 15.2. The van der Waals surface area contributed by atoms with Gasteiger partial charge in [0.1, 0.15) is 0 Å². The van der Waals surface area contributed by atoms with Crippen molar-refractivity contribution in [2.24, 2.45) is 0 Å². The van der Waals surface area contributed by atoms with Crippen LogP contribution in [0.5, 0.6) is 0 Å². The van der Waals surface area contributed by atoms with Gasteiger partial charge in [-0.05, 0) is 42.5 Å². The van der Waals surface area contributed by atoms with Gasteiger partial charge in [0.15, 0.2) is 15.5 Å². The molecule has 0 spiro atoms. The molecule has 3 rings (SSSR count). The molecule has 1 amide bonds. The number of amides is 1. The van der Waals surface area contributed by atoms with Crippen molar-refractivity contribution in [3.05, 3.63) is 60.3 Å². The minimum atomic E-state index is -3.28. The number of carbonyl (C=O) groups excluding carboxylic acids is 1. The molecule has 27 heavy (non-hydrogen) atoms. The zero-order chi connectivity index (χ0) is 19.6. The molecular formula is C19H20N4O3S. The molecule has 140 valence electrons. The molecule has 0 radical (unpaired) electrons. The predicted molar refractivity (Wildman–Crippen MR) is 105 cm³/mol. The summed E-state index contributed by atoms with van der Waals surface area (Å²) in [5, 5.41) is 10.0. The van der Waals surface area contributed by atoms with Crippen LogP contribution in [0.1, 0.15) is 10.5 Å². The number of carbonyl (C=O) groups is 1. The number of rotatable bonds is 5. The molecule has 3 aromatic rings. The standard InChI is InChI=1S/C19H20N4O3S/c1-20-14-6-8-15(9-7-14)23-18(12-17(22-23)19(24)21-2)13-4-10-16(11-5-13)27(3,25)26/h4-12,20H,1-3H3,(H,21,24). The molecule has 2 N–H and O–H groups in total. The molecule has 1 aromatic heterocycles. The summed E-state index contributed by atoms with van der Waals surface area (Å²) in [6, 6.07) is 15.8. The van der Waals surface area contributed by atoms with E-state index in [-0.39, 0.29) is 16.5 Å². The Balaban J connectivity index is 2.12. The van der Waals surface area contributed by atoms with E-state index in [2.05, 4.69) is 15.7 Å². The van der Waals surface area contributed by atoms with Crippen molar-refractivity contribution >= 4 is 21.4 Å². The normalized spacial score (nSPS) is 11.2. The van der Waals surface area contributed by atoms with Crippen molar-refractivity contribution in [3.63, 3.8) is 0 Å². The van der Waals surface area contributed by atoms with Crippen LogP contribution in [0.25, 0.3) is 16.9 Å². The second kappa shape index (κ2) is 7.24. The van der Waals surface area contributed by atoms with Gasteiger partial charge >= 0.3 is 0 Å². The lowest BCUT2D eigenvalue weighted by Crippen LogP contribution is -2.18. The highest BCUT2D eigenvalue weighted by Crippen LogP contribution is 2.26. The molecule has 7 nitrogen and oxygen atoms in total. The fourth-order valence-corrected chi connectivity index (χ4v) is 3.30. The minimum absolute atomic E-state index is 0.238. The zero-order valence-corrected chi connectivity index (χ0v) is 16.0. The van der Waals surface area contributed by atoms with Gasteiger partial charge in [-0.2, -0.15) is 5.10 Å². The number of nitrogens with zero attached hydrogens (tertiary/aromatic N) is 2. The van der Waals surface area contributed by atoms with Crippen LogP contribution in [0, 0.1) is 0 Å². The highest BCUT2D eigenvalue weighted by atomic mass is 32.2. The first-order valence-electron chi connectivity index (χ1n) is 8.24. The van der Waals surface area contributed by atoms with E-state index in [0.717, 1.165) is 16.9 Å². The second-order valence-electron chi connectivity index (χ2n) is 6.00.